The highest BCUT2D eigenvalue weighted by atomic mass is 16.6. The summed E-state index contributed by atoms with van der Waals surface area (Å²) in [5, 5.41) is 14.6. The monoisotopic (exact) mass is 273 g/mol. The Kier molecular flexibility index (Phi) is 3.84. The Hall–Kier alpha value is -2.63. The first-order valence-electron chi connectivity index (χ1n) is 6.05. The molecule has 0 N–H and O–H groups in total. The quantitative estimate of drug-likeness (QED) is 0.632. The predicted octanol–water partition coefficient (Wildman–Crippen LogP) is 3.13. The highest BCUT2D eigenvalue weighted by Gasteiger charge is 2.21. The van der Waals surface area contributed by atoms with Crippen LogP contribution in [0.15, 0.2) is 28.8 Å². The van der Waals surface area contributed by atoms with E-state index in [0.717, 1.165) is 11.3 Å². The van der Waals surface area contributed by atoms with Crippen molar-refractivity contribution in [1.29, 1.82) is 0 Å². The zero-order valence-electron chi connectivity index (χ0n) is 11.5. The molecule has 0 aliphatic heterocycles. The van der Waals surface area contributed by atoms with Crippen molar-refractivity contribution < 1.29 is 9.45 Å². The molecule has 0 spiro atoms. The lowest BCUT2D eigenvalue weighted by atomic mass is 10.1. The van der Waals surface area contributed by atoms with Gasteiger partial charge in [-0.1, -0.05) is 23.4 Å². The van der Waals surface area contributed by atoms with E-state index in [1.807, 2.05) is 43.3 Å². The van der Waals surface area contributed by atoms with Crippen LogP contribution in [0.2, 0.25) is 0 Å². The molecule has 1 aromatic carbocycles. The van der Waals surface area contributed by atoms with Crippen LogP contribution in [0.4, 0.5) is 11.4 Å². The number of nitro groups is 1. The summed E-state index contributed by atoms with van der Waals surface area (Å²) in [6.07, 6.45) is 3.35. The van der Waals surface area contributed by atoms with Crippen molar-refractivity contribution in [1.82, 2.24) is 5.16 Å². The van der Waals surface area contributed by atoms with Gasteiger partial charge in [0.25, 0.3) is 0 Å². The van der Waals surface area contributed by atoms with Crippen LogP contribution in [0.25, 0.3) is 12.2 Å². The van der Waals surface area contributed by atoms with Gasteiger partial charge in [0.05, 0.1) is 4.92 Å². The lowest BCUT2D eigenvalue weighted by Gasteiger charge is -2.11. The maximum atomic E-state index is 10.9. The Balaban J connectivity index is 2.23. The molecule has 2 aromatic rings. The first kappa shape index (κ1) is 13.8. The van der Waals surface area contributed by atoms with Gasteiger partial charge in [-0.3, -0.25) is 10.1 Å². The number of hydrogen-bond acceptors (Lipinski definition) is 5. The Morgan fingerprint density at radius 3 is 2.45 bits per heavy atom. The van der Waals surface area contributed by atoms with Gasteiger partial charge in [-0.05, 0) is 23.8 Å². The lowest BCUT2D eigenvalue weighted by Crippen LogP contribution is -2.07. The summed E-state index contributed by atoms with van der Waals surface area (Å²) in [6.45, 7) is 1.52. The van der Waals surface area contributed by atoms with Crippen molar-refractivity contribution >= 4 is 23.5 Å². The molecular formula is C14H15N3O3. The van der Waals surface area contributed by atoms with Crippen molar-refractivity contribution in [2.75, 3.05) is 19.0 Å². The van der Waals surface area contributed by atoms with E-state index in [1.54, 1.807) is 12.2 Å². The topological polar surface area (TPSA) is 72.4 Å². The Labute approximate surface area is 116 Å². The second kappa shape index (κ2) is 5.56. The molecule has 0 unspecified atom stereocenters. The van der Waals surface area contributed by atoms with Gasteiger partial charge in [-0.25, -0.2) is 0 Å². The third-order valence-electron chi connectivity index (χ3n) is 2.88. The summed E-state index contributed by atoms with van der Waals surface area (Å²) in [5.41, 5.74) is 2.16. The largest absolute Gasteiger partial charge is 0.378 e. The molecule has 6 heteroatoms. The maximum Gasteiger partial charge on any atom is 0.338 e. The van der Waals surface area contributed by atoms with Crippen LogP contribution in [-0.4, -0.2) is 24.2 Å². The zero-order valence-corrected chi connectivity index (χ0v) is 11.5. The molecule has 1 aromatic heterocycles. The minimum atomic E-state index is -0.485. The average Bonchev–Trinajstić information content (AvgIpc) is 2.78. The predicted molar refractivity (Wildman–Crippen MR) is 77.6 cm³/mol. The van der Waals surface area contributed by atoms with Gasteiger partial charge in [0.1, 0.15) is 0 Å². The Morgan fingerprint density at radius 1 is 1.25 bits per heavy atom. The molecule has 6 nitrogen and oxygen atoms in total. The van der Waals surface area contributed by atoms with E-state index in [0.29, 0.717) is 0 Å². The second-order valence-corrected chi connectivity index (χ2v) is 4.55. The fraction of sp³-hybridized carbons (Fsp3) is 0.214. The van der Waals surface area contributed by atoms with Gasteiger partial charge >= 0.3 is 5.69 Å². The number of rotatable bonds is 4. The number of benzene rings is 1. The normalized spacial score (nSPS) is 10.9. The van der Waals surface area contributed by atoms with E-state index in [-0.39, 0.29) is 17.1 Å². The van der Waals surface area contributed by atoms with E-state index in [1.165, 1.54) is 6.92 Å². The van der Waals surface area contributed by atoms with E-state index in [9.17, 15) is 10.1 Å². The molecule has 0 saturated carbocycles. The molecule has 104 valence electrons. The van der Waals surface area contributed by atoms with Crippen LogP contribution in [0.3, 0.4) is 0 Å². The summed E-state index contributed by atoms with van der Waals surface area (Å²) in [6, 6.07) is 7.82. The SMILES string of the molecule is Cc1onc(/C=C/c2ccc(N(C)C)cc2)c1[N+](=O)[O-]. The van der Waals surface area contributed by atoms with Gasteiger partial charge in [0.15, 0.2) is 5.69 Å². The molecule has 0 amide bonds. The minimum absolute atomic E-state index is 0.0915. The second-order valence-electron chi connectivity index (χ2n) is 4.55. The molecule has 0 aliphatic rings. The molecule has 0 aliphatic carbocycles. The number of nitrogens with zero attached hydrogens (tertiary/aromatic N) is 3. The molecular weight excluding hydrogens is 258 g/mol. The number of aromatic nitrogens is 1. The fourth-order valence-electron chi connectivity index (χ4n) is 1.77. The van der Waals surface area contributed by atoms with Gasteiger partial charge < -0.3 is 9.42 Å². The van der Waals surface area contributed by atoms with E-state index in [4.69, 9.17) is 4.52 Å². The summed E-state index contributed by atoms with van der Waals surface area (Å²) < 4.78 is 4.85. The van der Waals surface area contributed by atoms with E-state index < -0.39 is 4.92 Å². The van der Waals surface area contributed by atoms with Crippen molar-refractivity contribution in [3.8, 4) is 0 Å². The first-order valence-corrected chi connectivity index (χ1v) is 6.05. The van der Waals surface area contributed by atoms with Crippen LogP contribution < -0.4 is 4.90 Å². The molecule has 1 heterocycles. The average molecular weight is 273 g/mol. The lowest BCUT2D eigenvalue weighted by molar-refractivity contribution is -0.386. The van der Waals surface area contributed by atoms with Gasteiger partial charge in [-0.15, -0.1) is 0 Å². The van der Waals surface area contributed by atoms with Gasteiger partial charge in [0.2, 0.25) is 5.76 Å². The van der Waals surface area contributed by atoms with Crippen LogP contribution in [-0.2, 0) is 0 Å². The zero-order chi connectivity index (χ0) is 14.7. The van der Waals surface area contributed by atoms with Crippen molar-refractivity contribution in [3.05, 3.63) is 51.4 Å². The van der Waals surface area contributed by atoms with Crippen molar-refractivity contribution in [2.24, 2.45) is 0 Å². The first-order chi connectivity index (χ1) is 9.49. The molecule has 0 radical (unpaired) electrons. The van der Waals surface area contributed by atoms with Gasteiger partial charge in [-0.2, -0.15) is 0 Å². The van der Waals surface area contributed by atoms with E-state index >= 15 is 0 Å². The Bertz CT molecular complexity index is 642. The number of hydrogen-bond donors (Lipinski definition) is 0. The molecule has 0 atom stereocenters. The highest BCUT2D eigenvalue weighted by molar-refractivity contribution is 5.73. The fourth-order valence-corrected chi connectivity index (χ4v) is 1.77. The smallest absolute Gasteiger partial charge is 0.338 e. The third kappa shape index (κ3) is 2.85. The molecule has 0 saturated heterocycles. The van der Waals surface area contributed by atoms with Crippen molar-refractivity contribution in [2.45, 2.75) is 6.92 Å². The number of aryl methyl sites for hydroxylation is 1. The molecule has 2 rings (SSSR count). The third-order valence-corrected chi connectivity index (χ3v) is 2.88. The molecule has 0 fully saturated rings. The van der Waals surface area contributed by atoms with Crippen LogP contribution >= 0.6 is 0 Å². The van der Waals surface area contributed by atoms with Crippen LogP contribution in [0.1, 0.15) is 17.0 Å². The minimum Gasteiger partial charge on any atom is -0.378 e. The standard InChI is InChI=1S/C14H15N3O3/c1-10-14(17(18)19)13(15-20-10)9-6-11-4-7-12(8-5-11)16(2)3/h4-9H,1-3H3/b9-6+. The molecule has 20 heavy (non-hydrogen) atoms. The highest BCUT2D eigenvalue weighted by Crippen LogP contribution is 2.24. The molecule has 0 bridgehead atoms. The summed E-state index contributed by atoms with van der Waals surface area (Å²) in [5.74, 6) is 0.206. The van der Waals surface area contributed by atoms with E-state index in [2.05, 4.69) is 5.16 Å². The van der Waals surface area contributed by atoms with Crippen molar-refractivity contribution in [3.63, 3.8) is 0 Å². The Morgan fingerprint density at radius 2 is 1.90 bits per heavy atom. The number of anilines is 1. The summed E-state index contributed by atoms with van der Waals surface area (Å²) in [7, 11) is 3.93. The maximum absolute atomic E-state index is 10.9. The van der Waals surface area contributed by atoms with Crippen LogP contribution in [0, 0.1) is 17.0 Å². The summed E-state index contributed by atoms with van der Waals surface area (Å²) >= 11 is 0. The van der Waals surface area contributed by atoms with Crippen LogP contribution in [0.5, 0.6) is 0 Å². The van der Waals surface area contributed by atoms with Gasteiger partial charge in [0, 0.05) is 26.7 Å². The summed E-state index contributed by atoms with van der Waals surface area (Å²) in [4.78, 5) is 12.4.